The molecule has 0 rings (SSSR count). The molecule has 7 heteroatoms. The topological polar surface area (TPSA) is 107 Å². The molecule has 0 aromatic heterocycles. The Labute approximate surface area is 84.8 Å². The third-order valence-corrected chi connectivity index (χ3v) is 0.168. The van der Waals surface area contributed by atoms with E-state index in [-0.39, 0.29) is 29.6 Å². The molecule has 0 radical (unpaired) electrons. The average Bonchev–Trinajstić information content (AvgIpc) is 1.62. The molecule has 0 aliphatic heterocycles. The molecule has 0 fully saturated rings. The molecule has 6 nitrogen and oxygen atoms in total. The molecule has 0 spiro atoms. The Morgan fingerprint density at radius 1 is 1.36 bits per heavy atom. The van der Waals surface area contributed by atoms with E-state index in [0.29, 0.717) is 6.21 Å². The van der Waals surface area contributed by atoms with Crippen LogP contribution in [0.25, 0.3) is 0 Å². The van der Waals surface area contributed by atoms with Crippen molar-refractivity contribution in [3.05, 3.63) is 0 Å². The minimum atomic E-state index is -1.25. The Morgan fingerprint density at radius 3 is 1.64 bits per heavy atom. The van der Waals surface area contributed by atoms with Crippen molar-refractivity contribution in [1.82, 2.24) is 0 Å². The van der Waals surface area contributed by atoms with Crippen LogP contribution in [-0.4, -0.2) is 63.1 Å². The monoisotopic (exact) mass is 173 g/mol. The standard InChI is InChI=1S/C2H3NO3.C2H4O2.Na.H/c4-2(5)1-3-6;1-2(3)4;;/h1,6H,(H,4,5);1H3,(H,3,4);;. The van der Waals surface area contributed by atoms with Crippen molar-refractivity contribution in [3.8, 4) is 0 Å². The van der Waals surface area contributed by atoms with Crippen LogP contribution in [0.15, 0.2) is 5.16 Å². The third kappa shape index (κ3) is 89.0. The quantitative estimate of drug-likeness (QED) is 0.203. The van der Waals surface area contributed by atoms with Crippen LogP contribution in [0, 0.1) is 0 Å². The van der Waals surface area contributed by atoms with Gasteiger partial charge in [-0.3, -0.25) is 4.79 Å². The zero-order chi connectivity index (χ0) is 8.57. The van der Waals surface area contributed by atoms with E-state index in [2.05, 4.69) is 5.16 Å². The van der Waals surface area contributed by atoms with Gasteiger partial charge in [-0.05, 0) is 0 Å². The van der Waals surface area contributed by atoms with Crippen LogP contribution in [0.2, 0.25) is 0 Å². The van der Waals surface area contributed by atoms with Gasteiger partial charge in [-0.25, -0.2) is 4.79 Å². The summed E-state index contributed by atoms with van der Waals surface area (Å²) in [5.41, 5.74) is 0. The van der Waals surface area contributed by atoms with Crippen molar-refractivity contribution in [2.24, 2.45) is 5.16 Å². The SMILES string of the molecule is CC(=O)O.O=C(O)C=NO.[NaH]. The van der Waals surface area contributed by atoms with Crippen molar-refractivity contribution in [3.63, 3.8) is 0 Å². The fourth-order valence-corrected chi connectivity index (χ4v) is 0.0494. The summed E-state index contributed by atoms with van der Waals surface area (Å²) in [6, 6.07) is 0. The second-order valence-electron chi connectivity index (χ2n) is 1.10. The van der Waals surface area contributed by atoms with Gasteiger partial charge in [0.15, 0.2) is 6.21 Å². The van der Waals surface area contributed by atoms with Gasteiger partial charge in [0.25, 0.3) is 5.97 Å². The maximum atomic E-state index is 9.29. The van der Waals surface area contributed by atoms with Crippen molar-refractivity contribution < 1.29 is 25.0 Å². The summed E-state index contributed by atoms with van der Waals surface area (Å²) < 4.78 is 0. The summed E-state index contributed by atoms with van der Waals surface area (Å²) in [6.07, 6.45) is 0.389. The van der Waals surface area contributed by atoms with Crippen molar-refractivity contribution in [1.29, 1.82) is 0 Å². The maximum absolute atomic E-state index is 9.29. The molecule has 0 saturated carbocycles. The first-order chi connectivity index (χ1) is 4.50. The molecule has 0 unspecified atom stereocenters. The van der Waals surface area contributed by atoms with Gasteiger partial charge < -0.3 is 15.4 Å². The molecule has 0 aliphatic rings. The number of aliphatic carboxylic acids is 2. The Bertz CT molecular complexity index is 141. The molecule has 0 saturated heterocycles. The van der Waals surface area contributed by atoms with Crippen LogP contribution in [0.5, 0.6) is 0 Å². The predicted molar refractivity (Wildman–Crippen MR) is 38.4 cm³/mol. The van der Waals surface area contributed by atoms with E-state index >= 15 is 0 Å². The fraction of sp³-hybridized carbons (Fsp3) is 0.250. The third-order valence-electron chi connectivity index (χ3n) is 0.168. The van der Waals surface area contributed by atoms with Gasteiger partial charge in [-0.15, -0.1) is 0 Å². The van der Waals surface area contributed by atoms with Crippen LogP contribution < -0.4 is 0 Å². The number of oxime groups is 1. The number of nitrogens with zero attached hydrogens (tertiary/aromatic N) is 1. The molecule has 0 bridgehead atoms. The second-order valence-corrected chi connectivity index (χ2v) is 1.10. The van der Waals surface area contributed by atoms with Gasteiger partial charge in [0.05, 0.1) is 0 Å². The van der Waals surface area contributed by atoms with E-state index in [1.54, 1.807) is 0 Å². The van der Waals surface area contributed by atoms with Crippen LogP contribution >= 0.6 is 0 Å². The van der Waals surface area contributed by atoms with E-state index in [1.807, 2.05) is 0 Å². The zero-order valence-corrected chi connectivity index (χ0v) is 5.18. The number of carboxylic acids is 2. The van der Waals surface area contributed by atoms with Gasteiger partial charge in [-0.2, -0.15) is 0 Å². The molecule has 11 heavy (non-hydrogen) atoms. The van der Waals surface area contributed by atoms with E-state index in [4.69, 9.17) is 20.2 Å². The molecule has 60 valence electrons. The summed E-state index contributed by atoms with van der Waals surface area (Å²) in [4.78, 5) is 18.3. The number of hydrogen-bond acceptors (Lipinski definition) is 4. The zero-order valence-electron chi connectivity index (χ0n) is 5.18. The van der Waals surface area contributed by atoms with E-state index in [9.17, 15) is 4.79 Å². The molecule has 0 aromatic rings. The summed E-state index contributed by atoms with van der Waals surface area (Å²) in [6.45, 7) is 1.08. The normalized spacial score (nSPS) is 7.36. The number of hydrogen-bond donors (Lipinski definition) is 3. The van der Waals surface area contributed by atoms with Gasteiger partial charge in [0.2, 0.25) is 0 Å². The van der Waals surface area contributed by atoms with Crippen molar-refractivity contribution in [2.45, 2.75) is 6.92 Å². The molecular formula is C4H8NNaO5. The first-order valence-corrected chi connectivity index (χ1v) is 2.10. The fourth-order valence-electron chi connectivity index (χ4n) is 0.0494. The van der Waals surface area contributed by atoms with E-state index in [0.717, 1.165) is 6.92 Å². The van der Waals surface area contributed by atoms with Gasteiger partial charge >= 0.3 is 35.5 Å². The summed E-state index contributed by atoms with van der Waals surface area (Å²) in [5.74, 6) is -2.09. The Morgan fingerprint density at radius 2 is 1.64 bits per heavy atom. The summed E-state index contributed by atoms with van der Waals surface area (Å²) in [7, 11) is 0. The van der Waals surface area contributed by atoms with E-state index < -0.39 is 11.9 Å². The average molecular weight is 173 g/mol. The van der Waals surface area contributed by atoms with Crippen molar-refractivity contribution in [2.75, 3.05) is 0 Å². The Hall–Kier alpha value is -0.590. The Balaban J connectivity index is -0.000000114. The van der Waals surface area contributed by atoms with E-state index in [1.165, 1.54) is 0 Å². The molecule has 0 amide bonds. The van der Waals surface area contributed by atoms with Crippen LogP contribution in [-0.2, 0) is 9.59 Å². The summed E-state index contributed by atoms with van der Waals surface area (Å²) >= 11 is 0. The predicted octanol–water partition coefficient (Wildman–Crippen LogP) is -1.03. The van der Waals surface area contributed by atoms with Crippen LogP contribution in [0.1, 0.15) is 6.92 Å². The number of rotatable bonds is 1. The molecule has 0 atom stereocenters. The molecule has 0 aromatic carbocycles. The first kappa shape index (κ1) is 16.8. The minimum absolute atomic E-state index is 0. The van der Waals surface area contributed by atoms with Gasteiger partial charge in [0.1, 0.15) is 0 Å². The molecule has 0 heterocycles. The van der Waals surface area contributed by atoms with Gasteiger partial charge in [-0.1, -0.05) is 5.16 Å². The van der Waals surface area contributed by atoms with Crippen molar-refractivity contribution >= 4 is 47.7 Å². The first-order valence-electron chi connectivity index (χ1n) is 2.10. The number of carbonyl (C=O) groups is 2. The van der Waals surface area contributed by atoms with Crippen LogP contribution in [0.3, 0.4) is 0 Å². The number of carboxylic acid groups (broad SMARTS) is 2. The molecule has 0 aliphatic carbocycles. The second kappa shape index (κ2) is 12.1. The Kier molecular flexibility index (Phi) is 18.5. The summed E-state index contributed by atoms with van der Waals surface area (Å²) in [5, 5.41) is 24.7. The molecular weight excluding hydrogens is 165 g/mol. The van der Waals surface area contributed by atoms with Crippen LogP contribution in [0.4, 0.5) is 0 Å². The van der Waals surface area contributed by atoms with Gasteiger partial charge in [0, 0.05) is 6.92 Å². The molecule has 3 N–H and O–H groups in total.